The lowest BCUT2D eigenvalue weighted by atomic mass is 9.87. The van der Waals surface area contributed by atoms with E-state index < -0.39 is 0 Å². The smallest absolute Gasteiger partial charge is 0.251 e. The Morgan fingerprint density at radius 2 is 1.54 bits per heavy atom. The van der Waals surface area contributed by atoms with E-state index in [1.807, 2.05) is 80.8 Å². The van der Waals surface area contributed by atoms with Crippen molar-refractivity contribution in [1.29, 1.82) is 0 Å². The van der Waals surface area contributed by atoms with Crippen molar-refractivity contribution in [3.8, 4) is 0 Å². The average molecular weight is 524 g/mol. The molecule has 1 fully saturated rings. The van der Waals surface area contributed by atoms with Gasteiger partial charge in [0.15, 0.2) is 0 Å². The summed E-state index contributed by atoms with van der Waals surface area (Å²) >= 11 is 0. The number of hydrogen-bond donors (Lipinski definition) is 2. The first-order valence-corrected chi connectivity index (χ1v) is 14.0. The monoisotopic (exact) mass is 523 g/mol. The molecule has 0 aliphatic heterocycles. The quantitative estimate of drug-likeness (QED) is 0.277. The Bertz CT molecular complexity index is 1350. The molecule has 5 rings (SSSR count). The van der Waals surface area contributed by atoms with Crippen LogP contribution in [0.4, 0.5) is 11.8 Å². The summed E-state index contributed by atoms with van der Waals surface area (Å²) in [4.78, 5) is 23.5. The number of aromatic nitrogens is 2. The van der Waals surface area contributed by atoms with Gasteiger partial charge in [-0.1, -0.05) is 74.5 Å². The highest BCUT2D eigenvalue weighted by atomic mass is 16.1. The fourth-order valence-electron chi connectivity index (χ4n) is 4.98. The maximum Gasteiger partial charge on any atom is 0.251 e. The number of para-hydroxylation sites is 1. The summed E-state index contributed by atoms with van der Waals surface area (Å²) in [5.74, 6) is 2.60. The van der Waals surface area contributed by atoms with Gasteiger partial charge in [0.25, 0.3) is 5.91 Å². The van der Waals surface area contributed by atoms with Gasteiger partial charge in [-0.25, -0.2) is 4.98 Å². The van der Waals surface area contributed by atoms with Crippen molar-refractivity contribution in [3.05, 3.63) is 95.6 Å². The Kier molecular flexibility index (Phi) is 9.90. The first kappa shape index (κ1) is 28.1. The number of carbonyl (C=O) groups is 1. The van der Waals surface area contributed by atoms with E-state index in [-0.39, 0.29) is 5.91 Å². The normalized spacial score (nSPS) is 16.6. The van der Waals surface area contributed by atoms with Gasteiger partial charge in [0.1, 0.15) is 5.82 Å². The van der Waals surface area contributed by atoms with E-state index in [4.69, 9.17) is 4.98 Å². The van der Waals surface area contributed by atoms with E-state index in [9.17, 15) is 4.79 Å². The molecule has 1 saturated carbocycles. The van der Waals surface area contributed by atoms with Crippen molar-refractivity contribution < 1.29 is 4.79 Å². The SMILES string of the molecule is CC1CCC(Nc2nc(N(C)C)c3ccccc3n2)CC1.CCc1ccccc1C(=O)NCc1ccccc1. The third-order valence-electron chi connectivity index (χ3n) is 7.29. The van der Waals surface area contributed by atoms with Crippen LogP contribution in [0.25, 0.3) is 10.9 Å². The molecular formula is C33H41N5O. The molecule has 2 N–H and O–H groups in total. The second kappa shape index (κ2) is 13.7. The van der Waals surface area contributed by atoms with Gasteiger partial charge in [-0.05, 0) is 67.3 Å². The van der Waals surface area contributed by atoms with Crippen LogP contribution < -0.4 is 15.5 Å². The van der Waals surface area contributed by atoms with Crippen molar-refractivity contribution in [2.75, 3.05) is 24.3 Å². The third kappa shape index (κ3) is 7.79. The zero-order chi connectivity index (χ0) is 27.6. The molecule has 6 nitrogen and oxygen atoms in total. The highest BCUT2D eigenvalue weighted by Gasteiger charge is 2.19. The van der Waals surface area contributed by atoms with Gasteiger partial charge in [0.05, 0.1) is 5.52 Å². The van der Waals surface area contributed by atoms with Crippen LogP contribution in [0.2, 0.25) is 0 Å². The molecule has 1 heterocycles. The zero-order valence-corrected chi connectivity index (χ0v) is 23.7. The van der Waals surface area contributed by atoms with Crippen molar-refractivity contribution in [1.82, 2.24) is 15.3 Å². The minimum absolute atomic E-state index is 0.00342. The molecule has 1 aliphatic rings. The van der Waals surface area contributed by atoms with Crippen LogP contribution in [-0.2, 0) is 13.0 Å². The summed E-state index contributed by atoms with van der Waals surface area (Å²) in [7, 11) is 4.06. The largest absolute Gasteiger partial charge is 0.362 e. The summed E-state index contributed by atoms with van der Waals surface area (Å²) < 4.78 is 0. The van der Waals surface area contributed by atoms with Gasteiger partial charge in [0.2, 0.25) is 5.95 Å². The number of aryl methyl sites for hydroxylation is 1. The number of benzene rings is 3. The van der Waals surface area contributed by atoms with Crippen LogP contribution >= 0.6 is 0 Å². The Morgan fingerprint density at radius 3 is 2.26 bits per heavy atom. The topological polar surface area (TPSA) is 70.2 Å². The maximum atomic E-state index is 12.1. The summed E-state index contributed by atoms with van der Waals surface area (Å²) in [6.07, 6.45) is 5.90. The first-order valence-electron chi connectivity index (χ1n) is 14.0. The Morgan fingerprint density at radius 1 is 0.872 bits per heavy atom. The lowest BCUT2D eigenvalue weighted by Crippen LogP contribution is -2.26. The first-order chi connectivity index (χ1) is 18.9. The van der Waals surface area contributed by atoms with Crippen molar-refractivity contribution in [2.24, 2.45) is 5.92 Å². The van der Waals surface area contributed by atoms with Gasteiger partial charge in [-0.2, -0.15) is 4.98 Å². The number of hydrogen-bond acceptors (Lipinski definition) is 5. The molecule has 3 aromatic carbocycles. The molecule has 6 heteroatoms. The van der Waals surface area contributed by atoms with Crippen molar-refractivity contribution >= 4 is 28.6 Å². The van der Waals surface area contributed by atoms with Crippen LogP contribution in [0.3, 0.4) is 0 Å². The number of nitrogens with one attached hydrogen (secondary N) is 2. The van der Waals surface area contributed by atoms with E-state index in [0.717, 1.165) is 51.7 Å². The molecule has 204 valence electrons. The van der Waals surface area contributed by atoms with Crippen molar-refractivity contribution in [2.45, 2.75) is 58.5 Å². The predicted molar refractivity (Wildman–Crippen MR) is 162 cm³/mol. The second-order valence-corrected chi connectivity index (χ2v) is 10.6. The molecule has 39 heavy (non-hydrogen) atoms. The molecule has 1 amide bonds. The summed E-state index contributed by atoms with van der Waals surface area (Å²) in [6, 6.07) is 26.4. The zero-order valence-electron chi connectivity index (χ0n) is 23.7. The van der Waals surface area contributed by atoms with Crippen LogP contribution in [-0.4, -0.2) is 36.0 Å². The highest BCUT2D eigenvalue weighted by Crippen LogP contribution is 2.28. The fraction of sp³-hybridized carbons (Fsp3) is 0.364. The molecule has 0 atom stereocenters. The predicted octanol–water partition coefficient (Wildman–Crippen LogP) is 6.87. The number of amides is 1. The molecule has 1 aromatic heterocycles. The number of rotatable bonds is 7. The Labute approximate surface area is 232 Å². The van der Waals surface area contributed by atoms with Gasteiger partial charge in [-0.3, -0.25) is 4.79 Å². The van der Waals surface area contributed by atoms with Crippen LogP contribution in [0.5, 0.6) is 0 Å². The van der Waals surface area contributed by atoms with E-state index >= 15 is 0 Å². The molecule has 0 spiro atoms. The van der Waals surface area contributed by atoms with E-state index in [0.29, 0.717) is 12.6 Å². The van der Waals surface area contributed by atoms with Gasteiger partial charge in [0, 0.05) is 37.6 Å². The van der Waals surface area contributed by atoms with E-state index in [1.54, 1.807) is 0 Å². The molecular weight excluding hydrogens is 482 g/mol. The van der Waals surface area contributed by atoms with Crippen LogP contribution in [0.15, 0.2) is 78.9 Å². The summed E-state index contributed by atoms with van der Waals surface area (Å²) in [5.41, 5.74) is 3.97. The standard InChI is InChI=1S/C17H24N4.C16H17NO/c1-12-8-10-13(11-9-12)18-17-19-15-7-5-4-6-14(15)16(20-17)21(2)3;1-2-14-10-6-7-11-15(14)16(18)17-12-13-8-4-3-5-9-13/h4-7,12-13H,8-11H2,1-3H3,(H,18,19,20);3-11H,2,12H2,1H3,(H,17,18). The van der Waals surface area contributed by atoms with Crippen LogP contribution in [0, 0.1) is 5.92 Å². The minimum Gasteiger partial charge on any atom is -0.362 e. The highest BCUT2D eigenvalue weighted by molar-refractivity contribution is 5.95. The lowest BCUT2D eigenvalue weighted by molar-refractivity contribution is 0.0950. The summed E-state index contributed by atoms with van der Waals surface area (Å²) in [6.45, 7) is 4.97. The molecule has 0 radical (unpaired) electrons. The van der Waals surface area contributed by atoms with Gasteiger partial charge >= 0.3 is 0 Å². The molecule has 0 bridgehead atoms. The molecule has 0 unspecified atom stereocenters. The van der Waals surface area contributed by atoms with Crippen LogP contribution in [0.1, 0.15) is 61.0 Å². The summed E-state index contributed by atoms with van der Waals surface area (Å²) in [5, 5.41) is 7.59. The van der Waals surface area contributed by atoms with Gasteiger partial charge in [-0.15, -0.1) is 0 Å². The van der Waals surface area contributed by atoms with Gasteiger partial charge < -0.3 is 15.5 Å². The maximum absolute atomic E-state index is 12.1. The average Bonchev–Trinajstić information content (AvgIpc) is 2.97. The minimum atomic E-state index is -0.00342. The Balaban J connectivity index is 0.000000183. The van der Waals surface area contributed by atoms with E-state index in [2.05, 4.69) is 46.5 Å². The second-order valence-electron chi connectivity index (χ2n) is 10.6. The molecule has 1 aliphatic carbocycles. The number of anilines is 2. The van der Waals surface area contributed by atoms with E-state index in [1.165, 1.54) is 25.7 Å². The Hall–Kier alpha value is -3.93. The molecule has 0 saturated heterocycles. The number of fused-ring (bicyclic) bond motifs is 1. The fourth-order valence-corrected chi connectivity index (χ4v) is 4.98. The lowest BCUT2D eigenvalue weighted by Gasteiger charge is -2.27. The number of carbonyl (C=O) groups excluding carboxylic acids is 1. The van der Waals surface area contributed by atoms with Crippen molar-refractivity contribution in [3.63, 3.8) is 0 Å². The number of nitrogens with zero attached hydrogens (tertiary/aromatic N) is 3. The molecule has 4 aromatic rings. The third-order valence-corrected chi connectivity index (χ3v) is 7.29.